The molecule has 3 rings (SSSR count). The quantitative estimate of drug-likeness (QED) is 0.761. The molecule has 0 amide bonds. The van der Waals surface area contributed by atoms with Crippen molar-refractivity contribution in [3.63, 3.8) is 0 Å². The van der Waals surface area contributed by atoms with Crippen molar-refractivity contribution in [2.45, 2.75) is 30.3 Å². The molecule has 0 saturated heterocycles. The van der Waals surface area contributed by atoms with Gasteiger partial charge in [-0.1, -0.05) is 11.6 Å². The minimum Gasteiger partial charge on any atom is -0.363 e. The molecule has 0 radical (unpaired) electrons. The zero-order chi connectivity index (χ0) is 18.4. The molecule has 0 saturated carbocycles. The Morgan fingerprint density at radius 2 is 2.00 bits per heavy atom. The summed E-state index contributed by atoms with van der Waals surface area (Å²) in [5, 5.41) is 0.109. The van der Waals surface area contributed by atoms with E-state index in [1.807, 2.05) is 0 Å². The number of benzene rings is 1. The van der Waals surface area contributed by atoms with Crippen molar-refractivity contribution < 1.29 is 26.0 Å². The number of sulfonamides is 1. The molecule has 4 nitrogen and oxygen atoms in total. The van der Waals surface area contributed by atoms with Crippen LogP contribution in [0.15, 0.2) is 29.3 Å². The first-order chi connectivity index (χ1) is 11.6. The van der Waals surface area contributed by atoms with Gasteiger partial charge in [-0.25, -0.2) is 12.8 Å². The molecule has 2 aromatic rings. The number of halogens is 5. The van der Waals surface area contributed by atoms with Gasteiger partial charge in [-0.05, 0) is 43.0 Å². The second kappa shape index (κ2) is 6.21. The molecule has 136 valence electrons. The van der Waals surface area contributed by atoms with Crippen LogP contribution < -0.4 is 4.72 Å². The van der Waals surface area contributed by atoms with Crippen LogP contribution in [0.1, 0.15) is 17.7 Å². The van der Waals surface area contributed by atoms with Gasteiger partial charge in [0.2, 0.25) is 0 Å². The van der Waals surface area contributed by atoms with Gasteiger partial charge in [0.1, 0.15) is 10.7 Å². The first-order valence-corrected chi connectivity index (χ1v) is 9.18. The molecule has 25 heavy (non-hydrogen) atoms. The predicted octanol–water partition coefficient (Wildman–Crippen LogP) is 4.28. The first kappa shape index (κ1) is 18.1. The van der Waals surface area contributed by atoms with E-state index in [1.165, 1.54) is 12.1 Å². The van der Waals surface area contributed by atoms with Crippen LogP contribution in [-0.2, 0) is 22.9 Å². The van der Waals surface area contributed by atoms with Gasteiger partial charge in [-0.15, -0.1) is 0 Å². The molecular formula is C15H13ClF4N2O2S. The number of rotatable bonds is 3. The lowest BCUT2D eigenvalue weighted by Crippen LogP contribution is -2.29. The number of nitrogens with one attached hydrogen (secondary N) is 2. The van der Waals surface area contributed by atoms with Crippen molar-refractivity contribution in [3.8, 4) is 0 Å². The van der Waals surface area contributed by atoms with Crippen LogP contribution in [0.3, 0.4) is 0 Å². The molecule has 1 aromatic heterocycles. The molecule has 0 bridgehead atoms. The number of aromatic nitrogens is 1. The molecule has 1 heterocycles. The summed E-state index contributed by atoms with van der Waals surface area (Å²) in [6, 6.07) is 3.46. The van der Waals surface area contributed by atoms with Crippen molar-refractivity contribution in [2.75, 3.05) is 4.72 Å². The maximum absolute atomic E-state index is 13.8. The fourth-order valence-electron chi connectivity index (χ4n) is 2.89. The molecule has 0 fully saturated rings. The summed E-state index contributed by atoms with van der Waals surface area (Å²) >= 11 is 5.62. The highest BCUT2D eigenvalue weighted by atomic mass is 35.5. The molecular weight excluding hydrogens is 384 g/mol. The normalized spacial score (nSPS) is 18.0. The minimum atomic E-state index is -4.33. The molecule has 10 heteroatoms. The molecule has 1 aliphatic carbocycles. The Morgan fingerprint density at radius 3 is 2.64 bits per heavy atom. The van der Waals surface area contributed by atoms with Gasteiger partial charge in [0, 0.05) is 16.9 Å². The van der Waals surface area contributed by atoms with E-state index in [0.717, 1.165) is 12.3 Å². The Bertz CT molecular complexity index is 909. The standard InChI is InChI=1S/C15H13ClF4N2O2S/c16-9-2-4-12(11(17)6-9)22-25(23,24)14-7-21-13-5-8(15(18,19)20)1-3-10(13)14/h2,4,6-8,21-22H,1,3,5H2. The van der Waals surface area contributed by atoms with E-state index in [2.05, 4.69) is 9.71 Å². The number of anilines is 1. The summed E-state index contributed by atoms with van der Waals surface area (Å²) < 4.78 is 79.4. The number of hydrogen-bond acceptors (Lipinski definition) is 2. The molecule has 1 atom stereocenters. The van der Waals surface area contributed by atoms with E-state index in [0.29, 0.717) is 5.56 Å². The molecule has 1 aliphatic rings. The zero-order valence-corrected chi connectivity index (χ0v) is 14.2. The third kappa shape index (κ3) is 3.62. The average molecular weight is 397 g/mol. The predicted molar refractivity (Wildman–Crippen MR) is 84.6 cm³/mol. The van der Waals surface area contributed by atoms with E-state index < -0.39 is 27.9 Å². The number of aromatic amines is 1. The molecule has 1 unspecified atom stereocenters. The summed E-state index contributed by atoms with van der Waals surface area (Å²) in [4.78, 5) is 2.44. The van der Waals surface area contributed by atoms with Crippen molar-refractivity contribution in [2.24, 2.45) is 5.92 Å². The summed E-state index contributed by atoms with van der Waals surface area (Å²) in [5.41, 5.74) is 0.260. The van der Waals surface area contributed by atoms with Crippen molar-refractivity contribution in [3.05, 3.63) is 46.5 Å². The highest BCUT2D eigenvalue weighted by Gasteiger charge is 2.42. The topological polar surface area (TPSA) is 62.0 Å². The Hall–Kier alpha value is -1.74. The smallest absolute Gasteiger partial charge is 0.363 e. The van der Waals surface area contributed by atoms with Crippen LogP contribution in [0.5, 0.6) is 0 Å². The summed E-state index contributed by atoms with van der Waals surface area (Å²) in [6.45, 7) is 0. The van der Waals surface area contributed by atoms with Crippen LogP contribution in [0.4, 0.5) is 23.2 Å². The van der Waals surface area contributed by atoms with Crippen molar-refractivity contribution >= 4 is 27.3 Å². The number of hydrogen-bond donors (Lipinski definition) is 2. The molecule has 0 spiro atoms. The van der Waals surface area contributed by atoms with Crippen LogP contribution in [0.25, 0.3) is 0 Å². The Balaban J connectivity index is 1.89. The van der Waals surface area contributed by atoms with E-state index in [1.54, 1.807) is 0 Å². The second-order valence-electron chi connectivity index (χ2n) is 5.82. The molecule has 2 N–H and O–H groups in total. The lowest BCUT2D eigenvalue weighted by molar-refractivity contribution is -0.177. The lowest BCUT2D eigenvalue weighted by atomic mass is 9.87. The van der Waals surface area contributed by atoms with Gasteiger partial charge in [-0.2, -0.15) is 13.2 Å². The SMILES string of the molecule is O=S(=O)(Nc1ccc(Cl)cc1F)c1c[nH]c2c1CCC(C(F)(F)F)C2. The Labute approximate surface area is 146 Å². The Morgan fingerprint density at radius 1 is 1.28 bits per heavy atom. The third-order valence-electron chi connectivity index (χ3n) is 4.16. The summed E-state index contributed by atoms with van der Waals surface area (Å²) in [6.07, 6.45) is -3.70. The van der Waals surface area contributed by atoms with E-state index in [9.17, 15) is 26.0 Å². The highest BCUT2D eigenvalue weighted by molar-refractivity contribution is 7.92. The van der Waals surface area contributed by atoms with Gasteiger partial charge in [0.05, 0.1) is 11.6 Å². The number of alkyl halides is 3. The maximum atomic E-state index is 13.8. The van der Waals surface area contributed by atoms with Gasteiger partial charge < -0.3 is 4.98 Å². The summed E-state index contributed by atoms with van der Waals surface area (Å²) in [7, 11) is -4.15. The van der Waals surface area contributed by atoms with E-state index >= 15 is 0 Å². The molecule has 0 aliphatic heterocycles. The van der Waals surface area contributed by atoms with Crippen molar-refractivity contribution in [1.29, 1.82) is 0 Å². The first-order valence-electron chi connectivity index (χ1n) is 7.31. The Kier molecular flexibility index (Phi) is 4.48. The van der Waals surface area contributed by atoms with Gasteiger partial charge in [0.25, 0.3) is 10.0 Å². The average Bonchev–Trinajstić information content (AvgIpc) is 2.93. The highest BCUT2D eigenvalue weighted by Crippen LogP contribution is 2.38. The van der Waals surface area contributed by atoms with Gasteiger partial charge in [0.15, 0.2) is 0 Å². The number of fused-ring (bicyclic) bond motifs is 1. The maximum Gasteiger partial charge on any atom is 0.392 e. The lowest BCUT2D eigenvalue weighted by Gasteiger charge is -2.25. The number of H-pyrrole nitrogens is 1. The zero-order valence-electron chi connectivity index (χ0n) is 12.6. The molecule has 1 aromatic carbocycles. The fraction of sp³-hybridized carbons (Fsp3) is 0.333. The van der Waals surface area contributed by atoms with Gasteiger partial charge >= 0.3 is 6.18 Å². The second-order valence-corrected chi connectivity index (χ2v) is 7.91. The third-order valence-corrected chi connectivity index (χ3v) is 5.83. The van der Waals surface area contributed by atoms with E-state index in [4.69, 9.17) is 11.6 Å². The van der Waals surface area contributed by atoms with Crippen LogP contribution in [-0.4, -0.2) is 19.6 Å². The van der Waals surface area contributed by atoms with Gasteiger partial charge in [-0.3, -0.25) is 4.72 Å². The monoisotopic (exact) mass is 396 g/mol. The minimum absolute atomic E-state index is 0.0254. The van der Waals surface area contributed by atoms with Crippen LogP contribution in [0.2, 0.25) is 5.02 Å². The fourth-order valence-corrected chi connectivity index (χ4v) is 4.38. The summed E-state index contributed by atoms with van der Waals surface area (Å²) in [5.74, 6) is -2.35. The van der Waals surface area contributed by atoms with Crippen LogP contribution in [0, 0.1) is 11.7 Å². The van der Waals surface area contributed by atoms with E-state index in [-0.39, 0.29) is 40.6 Å². The van der Waals surface area contributed by atoms with Crippen LogP contribution >= 0.6 is 11.6 Å². The van der Waals surface area contributed by atoms with Crippen molar-refractivity contribution in [1.82, 2.24) is 4.98 Å². The largest absolute Gasteiger partial charge is 0.392 e.